The molecular weight excluding hydrogens is 432 g/mol. The maximum atomic E-state index is 12.9. The molecule has 2 aromatic rings. The molecule has 0 saturated carbocycles. The van der Waals surface area contributed by atoms with Gasteiger partial charge >= 0.3 is 0 Å². The molecule has 29 heavy (non-hydrogen) atoms. The first kappa shape index (κ1) is 22.9. The number of nitrogens with zero attached hydrogens (tertiary/aromatic N) is 1. The largest absolute Gasteiger partial charge is 0.484 e. The molecule has 0 bridgehead atoms. The quantitative estimate of drug-likeness (QED) is 0.670. The molecule has 2 rings (SSSR count). The third kappa shape index (κ3) is 6.60. The second-order valence-corrected chi connectivity index (χ2v) is 8.92. The third-order valence-electron chi connectivity index (χ3n) is 4.74. The van der Waals surface area contributed by atoms with E-state index < -0.39 is 6.04 Å². The van der Waals surface area contributed by atoms with Crippen LogP contribution in [0.5, 0.6) is 5.75 Å². The highest BCUT2D eigenvalue weighted by molar-refractivity contribution is 9.10. The minimum atomic E-state index is -0.613. The number of amides is 2. The number of hydrogen-bond donors (Lipinski definition) is 1. The van der Waals surface area contributed by atoms with Crippen LogP contribution in [-0.4, -0.2) is 36.4 Å². The standard InChI is InChI=1S/C23H29BrN2O3/c1-16(22(28)25-5)26(14-17-7-6-8-19(24)13-17)21(27)15-29-20-11-9-18(10-12-20)23(2,3)4/h6-13,16H,14-15H2,1-5H3,(H,25,28)/t16-/m1/s1. The van der Waals surface area contributed by atoms with Crippen molar-refractivity contribution in [2.24, 2.45) is 0 Å². The fraction of sp³-hybridized carbons (Fsp3) is 0.391. The molecule has 0 saturated heterocycles. The molecule has 2 aromatic carbocycles. The van der Waals surface area contributed by atoms with E-state index in [9.17, 15) is 9.59 Å². The Morgan fingerprint density at radius 3 is 2.34 bits per heavy atom. The van der Waals surface area contributed by atoms with Crippen molar-refractivity contribution in [1.29, 1.82) is 0 Å². The van der Waals surface area contributed by atoms with E-state index in [4.69, 9.17) is 4.74 Å². The number of benzene rings is 2. The van der Waals surface area contributed by atoms with Crippen molar-refractivity contribution in [1.82, 2.24) is 10.2 Å². The molecule has 0 fully saturated rings. The molecular formula is C23H29BrN2O3. The Hall–Kier alpha value is -2.34. The summed E-state index contributed by atoms with van der Waals surface area (Å²) in [5, 5.41) is 2.61. The maximum absolute atomic E-state index is 12.9. The second kappa shape index (κ2) is 9.92. The van der Waals surface area contributed by atoms with Gasteiger partial charge in [0, 0.05) is 18.1 Å². The van der Waals surface area contributed by atoms with Crippen LogP contribution < -0.4 is 10.1 Å². The Morgan fingerprint density at radius 1 is 1.14 bits per heavy atom. The van der Waals surface area contributed by atoms with Crippen LogP contribution in [0.25, 0.3) is 0 Å². The summed E-state index contributed by atoms with van der Waals surface area (Å²) in [7, 11) is 1.56. The molecule has 6 heteroatoms. The summed E-state index contributed by atoms with van der Waals surface area (Å²) >= 11 is 3.44. The van der Waals surface area contributed by atoms with Gasteiger partial charge in [-0.3, -0.25) is 9.59 Å². The van der Waals surface area contributed by atoms with E-state index in [2.05, 4.69) is 42.0 Å². The van der Waals surface area contributed by atoms with Crippen molar-refractivity contribution in [3.8, 4) is 5.75 Å². The van der Waals surface area contributed by atoms with Crippen molar-refractivity contribution in [2.75, 3.05) is 13.7 Å². The summed E-state index contributed by atoms with van der Waals surface area (Å²) in [5.74, 6) is 0.158. The van der Waals surface area contributed by atoms with Crippen LogP contribution in [-0.2, 0) is 21.5 Å². The van der Waals surface area contributed by atoms with Crippen LogP contribution in [0.4, 0.5) is 0 Å². The first-order valence-corrected chi connectivity index (χ1v) is 10.4. The molecule has 2 amide bonds. The van der Waals surface area contributed by atoms with E-state index in [1.54, 1.807) is 14.0 Å². The van der Waals surface area contributed by atoms with Crippen LogP contribution in [0.1, 0.15) is 38.8 Å². The van der Waals surface area contributed by atoms with Crippen molar-refractivity contribution in [2.45, 2.75) is 45.7 Å². The predicted octanol–water partition coefficient (Wildman–Crippen LogP) is 4.29. The summed E-state index contributed by atoms with van der Waals surface area (Å²) in [5.41, 5.74) is 2.18. The van der Waals surface area contributed by atoms with Gasteiger partial charge in [-0.05, 0) is 47.7 Å². The molecule has 0 spiro atoms. The molecule has 0 aliphatic heterocycles. The van der Waals surface area contributed by atoms with E-state index in [0.717, 1.165) is 10.0 Å². The zero-order valence-corrected chi connectivity index (χ0v) is 19.2. The zero-order chi connectivity index (χ0) is 21.6. The molecule has 0 aliphatic rings. The highest BCUT2D eigenvalue weighted by atomic mass is 79.9. The molecule has 0 radical (unpaired) electrons. The van der Waals surface area contributed by atoms with Gasteiger partial charge in [0.1, 0.15) is 11.8 Å². The lowest BCUT2D eigenvalue weighted by Gasteiger charge is -2.28. The average molecular weight is 461 g/mol. The zero-order valence-electron chi connectivity index (χ0n) is 17.7. The number of rotatable bonds is 7. The smallest absolute Gasteiger partial charge is 0.261 e. The highest BCUT2D eigenvalue weighted by Crippen LogP contribution is 2.24. The molecule has 5 nitrogen and oxygen atoms in total. The Labute approximate surface area is 181 Å². The Morgan fingerprint density at radius 2 is 1.79 bits per heavy atom. The van der Waals surface area contributed by atoms with E-state index in [1.165, 1.54) is 10.5 Å². The normalized spacial score (nSPS) is 12.2. The van der Waals surface area contributed by atoms with Gasteiger partial charge < -0.3 is 15.0 Å². The number of hydrogen-bond acceptors (Lipinski definition) is 3. The van der Waals surface area contributed by atoms with E-state index in [-0.39, 0.29) is 23.8 Å². The third-order valence-corrected chi connectivity index (χ3v) is 5.23. The molecule has 0 aliphatic carbocycles. The molecule has 1 atom stereocenters. The number of halogens is 1. The number of likely N-dealkylation sites (N-methyl/N-ethyl adjacent to an activating group) is 1. The van der Waals surface area contributed by atoms with Crippen LogP contribution in [0, 0.1) is 0 Å². The maximum Gasteiger partial charge on any atom is 0.261 e. The molecule has 0 unspecified atom stereocenters. The Kier molecular flexibility index (Phi) is 7.85. The number of nitrogens with one attached hydrogen (secondary N) is 1. The number of ether oxygens (including phenoxy) is 1. The van der Waals surface area contributed by atoms with Gasteiger partial charge in [0.05, 0.1) is 0 Å². The number of carbonyl (C=O) groups excluding carboxylic acids is 2. The van der Waals surface area contributed by atoms with Gasteiger partial charge in [-0.25, -0.2) is 0 Å². The fourth-order valence-corrected chi connectivity index (χ4v) is 3.35. The van der Waals surface area contributed by atoms with Gasteiger partial charge in [-0.15, -0.1) is 0 Å². The van der Waals surface area contributed by atoms with Crippen molar-refractivity contribution in [3.63, 3.8) is 0 Å². The summed E-state index contributed by atoms with van der Waals surface area (Å²) < 4.78 is 6.63. The Balaban J connectivity index is 2.11. The topological polar surface area (TPSA) is 58.6 Å². The first-order valence-electron chi connectivity index (χ1n) is 9.60. The monoisotopic (exact) mass is 460 g/mol. The average Bonchev–Trinajstić information content (AvgIpc) is 2.68. The van der Waals surface area contributed by atoms with Crippen LogP contribution in [0.3, 0.4) is 0 Å². The van der Waals surface area contributed by atoms with Gasteiger partial charge in [0.25, 0.3) is 5.91 Å². The second-order valence-electron chi connectivity index (χ2n) is 8.00. The number of carbonyl (C=O) groups is 2. The fourth-order valence-electron chi connectivity index (χ4n) is 2.90. The van der Waals surface area contributed by atoms with E-state index in [1.807, 2.05) is 48.5 Å². The van der Waals surface area contributed by atoms with Gasteiger partial charge in [0.15, 0.2) is 6.61 Å². The van der Waals surface area contributed by atoms with E-state index in [0.29, 0.717) is 12.3 Å². The summed E-state index contributed by atoms with van der Waals surface area (Å²) in [6.07, 6.45) is 0. The van der Waals surface area contributed by atoms with Crippen molar-refractivity contribution in [3.05, 3.63) is 64.1 Å². The van der Waals surface area contributed by atoms with Crippen molar-refractivity contribution >= 4 is 27.7 Å². The summed E-state index contributed by atoms with van der Waals surface area (Å²) in [4.78, 5) is 26.6. The SMILES string of the molecule is CNC(=O)[C@@H](C)N(Cc1cccc(Br)c1)C(=O)COc1ccc(C(C)(C)C)cc1. The van der Waals surface area contributed by atoms with Gasteiger partial charge in [-0.2, -0.15) is 0 Å². The summed E-state index contributed by atoms with van der Waals surface area (Å²) in [6, 6.07) is 14.8. The molecule has 0 heterocycles. The van der Waals surface area contributed by atoms with Crippen LogP contribution in [0.15, 0.2) is 53.0 Å². The first-order chi connectivity index (χ1) is 13.6. The molecule has 156 valence electrons. The van der Waals surface area contributed by atoms with Gasteiger partial charge in [0.2, 0.25) is 5.91 Å². The predicted molar refractivity (Wildman–Crippen MR) is 119 cm³/mol. The molecule has 0 aromatic heterocycles. The lowest BCUT2D eigenvalue weighted by molar-refractivity contribution is -0.142. The Bertz CT molecular complexity index is 844. The highest BCUT2D eigenvalue weighted by Gasteiger charge is 2.26. The van der Waals surface area contributed by atoms with E-state index >= 15 is 0 Å². The lowest BCUT2D eigenvalue weighted by atomic mass is 9.87. The minimum Gasteiger partial charge on any atom is -0.484 e. The minimum absolute atomic E-state index is 0.0536. The van der Waals surface area contributed by atoms with Crippen LogP contribution in [0.2, 0.25) is 0 Å². The van der Waals surface area contributed by atoms with Gasteiger partial charge in [-0.1, -0.05) is 61.0 Å². The van der Waals surface area contributed by atoms with Crippen molar-refractivity contribution < 1.29 is 14.3 Å². The molecule has 1 N–H and O–H groups in total. The lowest BCUT2D eigenvalue weighted by Crippen LogP contribution is -2.48. The summed E-state index contributed by atoms with van der Waals surface area (Å²) in [6.45, 7) is 8.33. The van der Waals surface area contributed by atoms with Crippen LogP contribution >= 0.6 is 15.9 Å².